The molecule has 0 N–H and O–H groups in total. The van der Waals surface area contributed by atoms with Gasteiger partial charge in [-0.3, -0.25) is 4.79 Å². The lowest BCUT2D eigenvalue weighted by atomic mass is 9.70. The second-order valence-corrected chi connectivity index (χ2v) is 6.38. The Morgan fingerprint density at radius 2 is 1.90 bits per heavy atom. The molecule has 1 aromatic rings. The minimum absolute atomic E-state index is 0.113. The zero-order valence-corrected chi connectivity index (χ0v) is 13.0. The molecule has 3 nitrogen and oxygen atoms in total. The number of ether oxygens (including phenoxy) is 1. The van der Waals surface area contributed by atoms with Crippen molar-refractivity contribution in [3.05, 3.63) is 35.9 Å². The zero-order chi connectivity index (χ0) is 15.4. The minimum atomic E-state index is -0.345. The minimum Gasteiger partial charge on any atom is -0.461 e. The van der Waals surface area contributed by atoms with Crippen molar-refractivity contribution in [2.24, 2.45) is 23.7 Å². The van der Waals surface area contributed by atoms with Crippen molar-refractivity contribution in [2.75, 3.05) is 6.61 Å². The van der Waals surface area contributed by atoms with Crippen LogP contribution < -0.4 is 0 Å². The number of benzene rings is 1. The number of ketones is 1. The van der Waals surface area contributed by atoms with Crippen molar-refractivity contribution in [2.45, 2.75) is 33.6 Å². The van der Waals surface area contributed by atoms with Crippen LogP contribution >= 0.6 is 0 Å². The zero-order valence-electron chi connectivity index (χ0n) is 13.0. The van der Waals surface area contributed by atoms with E-state index in [2.05, 4.69) is 20.8 Å². The lowest BCUT2D eigenvalue weighted by Crippen LogP contribution is -2.39. The maximum Gasteiger partial charge on any atom is 0.338 e. The number of carbonyl (C=O) groups excluding carboxylic acids is 2. The van der Waals surface area contributed by atoms with Crippen molar-refractivity contribution in [3.63, 3.8) is 0 Å². The highest BCUT2D eigenvalue weighted by molar-refractivity contribution is 5.90. The third-order valence-electron chi connectivity index (χ3n) is 4.56. The van der Waals surface area contributed by atoms with Crippen LogP contribution in [-0.4, -0.2) is 18.4 Å². The molecule has 0 radical (unpaired) electrons. The topological polar surface area (TPSA) is 43.4 Å². The lowest BCUT2D eigenvalue weighted by Gasteiger charge is -2.34. The van der Waals surface area contributed by atoms with Gasteiger partial charge in [-0.1, -0.05) is 39.0 Å². The van der Waals surface area contributed by atoms with Gasteiger partial charge >= 0.3 is 5.97 Å². The second kappa shape index (κ2) is 6.88. The Morgan fingerprint density at radius 1 is 1.24 bits per heavy atom. The van der Waals surface area contributed by atoms with Crippen LogP contribution in [0, 0.1) is 23.7 Å². The lowest BCUT2D eigenvalue weighted by molar-refractivity contribution is -0.134. The maximum atomic E-state index is 12.5. The fraction of sp³-hybridized carbons (Fsp3) is 0.556. The third kappa shape index (κ3) is 3.72. The van der Waals surface area contributed by atoms with E-state index in [9.17, 15) is 9.59 Å². The molecule has 114 valence electrons. The Kier molecular flexibility index (Phi) is 5.16. The molecule has 0 amide bonds. The molecule has 3 heteroatoms. The molecule has 0 unspecified atom stereocenters. The Bertz CT molecular complexity index is 492. The first-order valence-electron chi connectivity index (χ1n) is 7.76. The Labute approximate surface area is 126 Å². The van der Waals surface area contributed by atoms with Gasteiger partial charge < -0.3 is 4.74 Å². The van der Waals surface area contributed by atoms with Crippen molar-refractivity contribution >= 4 is 11.8 Å². The molecule has 1 fully saturated rings. The summed E-state index contributed by atoms with van der Waals surface area (Å²) in [6.07, 6.45) is 1.99. The number of Topliss-reactive ketones (excluding diaryl/α,β-unsaturated/α-hetero) is 1. The summed E-state index contributed by atoms with van der Waals surface area (Å²) in [5, 5.41) is 0. The van der Waals surface area contributed by atoms with Crippen molar-refractivity contribution in [3.8, 4) is 0 Å². The van der Waals surface area contributed by atoms with Crippen molar-refractivity contribution < 1.29 is 14.3 Å². The Morgan fingerprint density at radius 3 is 2.52 bits per heavy atom. The van der Waals surface area contributed by atoms with Crippen molar-refractivity contribution in [1.29, 1.82) is 0 Å². The second-order valence-electron chi connectivity index (χ2n) is 6.38. The van der Waals surface area contributed by atoms with Gasteiger partial charge in [0.1, 0.15) is 12.4 Å². The van der Waals surface area contributed by atoms with Gasteiger partial charge in [0.2, 0.25) is 0 Å². The van der Waals surface area contributed by atoms with Gasteiger partial charge in [-0.15, -0.1) is 0 Å². The summed E-state index contributed by atoms with van der Waals surface area (Å²) >= 11 is 0. The molecule has 0 saturated heterocycles. The van der Waals surface area contributed by atoms with Crippen LogP contribution in [0.3, 0.4) is 0 Å². The molecule has 21 heavy (non-hydrogen) atoms. The molecule has 3 atom stereocenters. The number of rotatable bonds is 4. The molecular weight excluding hydrogens is 264 g/mol. The van der Waals surface area contributed by atoms with E-state index in [0.717, 1.165) is 12.8 Å². The molecule has 2 rings (SSSR count). The molecule has 0 bridgehead atoms. The fourth-order valence-corrected chi connectivity index (χ4v) is 3.07. The summed E-state index contributed by atoms with van der Waals surface area (Å²) in [6, 6.07) is 8.92. The highest BCUT2D eigenvalue weighted by Gasteiger charge is 2.37. The number of esters is 1. The van der Waals surface area contributed by atoms with Gasteiger partial charge in [0.25, 0.3) is 0 Å². The highest BCUT2D eigenvalue weighted by Crippen LogP contribution is 2.34. The summed E-state index contributed by atoms with van der Waals surface area (Å²) in [6.45, 7) is 6.46. The molecule has 1 aromatic carbocycles. The fourth-order valence-electron chi connectivity index (χ4n) is 3.07. The van der Waals surface area contributed by atoms with Gasteiger partial charge in [0.15, 0.2) is 0 Å². The first-order chi connectivity index (χ1) is 10.0. The molecule has 0 spiro atoms. The van der Waals surface area contributed by atoms with E-state index in [0.29, 0.717) is 11.5 Å². The van der Waals surface area contributed by atoms with Crippen LogP contribution in [0.15, 0.2) is 30.3 Å². The molecule has 1 aliphatic rings. The molecule has 0 aliphatic heterocycles. The summed E-state index contributed by atoms with van der Waals surface area (Å²) in [5.41, 5.74) is 0.536. The number of hydrogen-bond acceptors (Lipinski definition) is 3. The number of carbonyl (C=O) groups is 2. The molecule has 0 aromatic heterocycles. The van der Waals surface area contributed by atoms with E-state index in [1.807, 2.05) is 6.07 Å². The predicted octanol–water partition coefficient (Wildman–Crippen LogP) is 3.73. The monoisotopic (exact) mass is 288 g/mol. The van der Waals surface area contributed by atoms with E-state index >= 15 is 0 Å². The van der Waals surface area contributed by atoms with E-state index < -0.39 is 0 Å². The normalized spacial score (nSPS) is 25.9. The van der Waals surface area contributed by atoms with E-state index in [4.69, 9.17) is 4.74 Å². The average molecular weight is 288 g/mol. The summed E-state index contributed by atoms with van der Waals surface area (Å²) in [4.78, 5) is 24.5. The van der Waals surface area contributed by atoms with E-state index in [1.165, 1.54) is 0 Å². The summed E-state index contributed by atoms with van der Waals surface area (Å²) in [5.74, 6) is 0.528. The highest BCUT2D eigenvalue weighted by atomic mass is 16.5. The van der Waals surface area contributed by atoms with Gasteiger partial charge in [-0.2, -0.15) is 0 Å². The summed E-state index contributed by atoms with van der Waals surface area (Å²) < 4.78 is 5.38. The van der Waals surface area contributed by atoms with Crippen LogP contribution in [0.2, 0.25) is 0 Å². The van der Waals surface area contributed by atoms with Crippen LogP contribution in [-0.2, 0) is 9.53 Å². The van der Waals surface area contributed by atoms with Gasteiger partial charge in [-0.25, -0.2) is 4.79 Å². The van der Waals surface area contributed by atoms with E-state index in [-0.39, 0.29) is 36.1 Å². The average Bonchev–Trinajstić information content (AvgIpc) is 2.47. The molecule has 1 aliphatic carbocycles. The first-order valence-corrected chi connectivity index (χ1v) is 7.76. The van der Waals surface area contributed by atoms with Crippen LogP contribution in [0.25, 0.3) is 0 Å². The quantitative estimate of drug-likeness (QED) is 0.793. The SMILES string of the molecule is CC(C)[C@H]1CC[C@H](C)[C@@H](COC(=O)c2ccccc2)C1=O. The van der Waals surface area contributed by atoms with Gasteiger partial charge in [-0.05, 0) is 36.8 Å². The summed E-state index contributed by atoms with van der Waals surface area (Å²) in [7, 11) is 0. The van der Waals surface area contributed by atoms with E-state index in [1.54, 1.807) is 24.3 Å². The third-order valence-corrected chi connectivity index (χ3v) is 4.56. The van der Waals surface area contributed by atoms with Gasteiger partial charge in [0.05, 0.1) is 11.5 Å². The van der Waals surface area contributed by atoms with Crippen LogP contribution in [0.1, 0.15) is 44.0 Å². The Balaban J connectivity index is 1.97. The van der Waals surface area contributed by atoms with Crippen LogP contribution in [0.4, 0.5) is 0 Å². The predicted molar refractivity (Wildman–Crippen MR) is 81.9 cm³/mol. The smallest absolute Gasteiger partial charge is 0.338 e. The number of hydrogen-bond donors (Lipinski definition) is 0. The van der Waals surface area contributed by atoms with Crippen molar-refractivity contribution in [1.82, 2.24) is 0 Å². The molecule has 1 saturated carbocycles. The molecule has 0 heterocycles. The largest absolute Gasteiger partial charge is 0.461 e. The standard InChI is InChI=1S/C18H24O3/c1-12(2)15-10-9-13(3)16(17(15)19)11-21-18(20)14-7-5-4-6-8-14/h4-8,12-13,15-16H,9-11H2,1-3H3/t13-,15+,16+/m0/s1. The van der Waals surface area contributed by atoms with Crippen LogP contribution in [0.5, 0.6) is 0 Å². The van der Waals surface area contributed by atoms with Gasteiger partial charge in [0, 0.05) is 5.92 Å². The first kappa shape index (κ1) is 15.7. The molecular formula is C18H24O3. The maximum absolute atomic E-state index is 12.5. The Hall–Kier alpha value is -1.64.